The minimum atomic E-state index is 0.0283. The Morgan fingerprint density at radius 1 is 1.00 bits per heavy atom. The summed E-state index contributed by atoms with van der Waals surface area (Å²) in [6, 6.07) is 19.5. The van der Waals surface area contributed by atoms with E-state index in [9.17, 15) is 4.79 Å². The van der Waals surface area contributed by atoms with Crippen LogP contribution in [0.15, 0.2) is 60.7 Å². The van der Waals surface area contributed by atoms with Crippen molar-refractivity contribution in [1.29, 1.82) is 0 Å². The molecule has 140 valence electrons. The summed E-state index contributed by atoms with van der Waals surface area (Å²) < 4.78 is 7.74. The van der Waals surface area contributed by atoms with Crippen LogP contribution in [0.25, 0.3) is 11.0 Å². The van der Waals surface area contributed by atoms with E-state index in [0.717, 1.165) is 33.8 Å². The van der Waals surface area contributed by atoms with E-state index in [2.05, 4.69) is 10.1 Å². The van der Waals surface area contributed by atoms with Crippen LogP contribution in [0.3, 0.4) is 0 Å². The number of ketones is 1. The van der Waals surface area contributed by atoms with Crippen molar-refractivity contribution in [1.82, 2.24) is 14.8 Å². The van der Waals surface area contributed by atoms with Gasteiger partial charge in [-0.1, -0.05) is 30.3 Å². The smallest absolute Gasteiger partial charge is 0.182 e. The van der Waals surface area contributed by atoms with Crippen molar-refractivity contribution in [2.24, 2.45) is 0 Å². The van der Waals surface area contributed by atoms with Crippen molar-refractivity contribution in [2.75, 3.05) is 0 Å². The predicted molar refractivity (Wildman–Crippen MR) is 109 cm³/mol. The molecule has 0 amide bonds. The van der Waals surface area contributed by atoms with E-state index in [1.807, 2.05) is 79.2 Å². The first-order chi connectivity index (χ1) is 13.5. The van der Waals surface area contributed by atoms with Crippen molar-refractivity contribution in [3.8, 4) is 11.5 Å². The molecule has 0 N–H and O–H groups in total. The first-order valence-corrected chi connectivity index (χ1v) is 9.19. The van der Waals surface area contributed by atoms with Gasteiger partial charge in [0.2, 0.25) is 0 Å². The van der Waals surface area contributed by atoms with Gasteiger partial charge in [0.15, 0.2) is 11.4 Å². The van der Waals surface area contributed by atoms with Crippen LogP contribution >= 0.6 is 0 Å². The number of pyridine rings is 1. The van der Waals surface area contributed by atoms with E-state index < -0.39 is 0 Å². The zero-order chi connectivity index (χ0) is 19.7. The lowest BCUT2D eigenvalue weighted by molar-refractivity contribution is 0.101. The average Bonchev–Trinajstić information content (AvgIpc) is 2.98. The maximum atomic E-state index is 12.0. The van der Waals surface area contributed by atoms with Gasteiger partial charge in [-0.15, -0.1) is 0 Å². The molecule has 4 aromatic rings. The number of carbonyl (C=O) groups excluding carboxylic acids is 1. The molecule has 2 aromatic carbocycles. The second kappa shape index (κ2) is 7.27. The number of ether oxygens (including phenoxy) is 1. The molecule has 4 rings (SSSR count). The lowest BCUT2D eigenvalue weighted by Gasteiger charge is -2.08. The Morgan fingerprint density at radius 2 is 1.68 bits per heavy atom. The zero-order valence-electron chi connectivity index (χ0n) is 16.1. The molecular formula is C23H21N3O2. The van der Waals surface area contributed by atoms with Crippen LogP contribution < -0.4 is 4.74 Å². The highest BCUT2D eigenvalue weighted by Crippen LogP contribution is 2.24. The number of aromatic nitrogens is 3. The van der Waals surface area contributed by atoms with Gasteiger partial charge >= 0.3 is 0 Å². The fourth-order valence-corrected chi connectivity index (χ4v) is 3.30. The van der Waals surface area contributed by atoms with Crippen LogP contribution in [0.5, 0.6) is 11.5 Å². The molecule has 2 aromatic heterocycles. The molecule has 5 heteroatoms. The second-order valence-electron chi connectivity index (χ2n) is 6.87. The summed E-state index contributed by atoms with van der Waals surface area (Å²) in [6.07, 6.45) is 0. The molecule has 0 aliphatic heterocycles. The van der Waals surface area contributed by atoms with Crippen LogP contribution in [-0.2, 0) is 6.54 Å². The van der Waals surface area contributed by atoms with Crippen LogP contribution in [0.2, 0.25) is 0 Å². The molecule has 0 radical (unpaired) electrons. The standard InChI is InChI=1S/C23H21N3O2/c1-15-13-21(17(3)27)22-16(2)26(25-23(22)24-15)14-18-9-11-20(12-10-18)28-19-7-5-4-6-8-19/h4-13H,14H2,1-3H3. The van der Waals surface area contributed by atoms with Crippen molar-refractivity contribution in [3.05, 3.63) is 83.2 Å². The maximum absolute atomic E-state index is 12.0. The summed E-state index contributed by atoms with van der Waals surface area (Å²) in [5.74, 6) is 1.62. The molecule has 0 saturated carbocycles. The van der Waals surface area contributed by atoms with Crippen molar-refractivity contribution < 1.29 is 9.53 Å². The van der Waals surface area contributed by atoms with E-state index in [1.165, 1.54) is 0 Å². The highest BCUT2D eigenvalue weighted by molar-refractivity contribution is 6.06. The molecular weight excluding hydrogens is 350 g/mol. The van der Waals surface area contributed by atoms with Gasteiger partial charge in [-0.05, 0) is 56.7 Å². The Bertz CT molecular complexity index is 1150. The molecule has 0 aliphatic rings. The highest BCUT2D eigenvalue weighted by Gasteiger charge is 2.16. The topological polar surface area (TPSA) is 57.0 Å². The molecule has 0 saturated heterocycles. The number of Topliss-reactive ketones (excluding diaryl/α,β-unsaturated/α-hetero) is 1. The van der Waals surface area contributed by atoms with Crippen molar-refractivity contribution >= 4 is 16.8 Å². The summed E-state index contributed by atoms with van der Waals surface area (Å²) in [4.78, 5) is 16.5. The third kappa shape index (κ3) is 3.51. The first-order valence-electron chi connectivity index (χ1n) is 9.19. The van der Waals surface area contributed by atoms with Gasteiger partial charge in [0, 0.05) is 17.0 Å². The number of benzene rings is 2. The van der Waals surface area contributed by atoms with E-state index in [0.29, 0.717) is 17.8 Å². The lowest BCUT2D eigenvalue weighted by Crippen LogP contribution is -2.04. The molecule has 28 heavy (non-hydrogen) atoms. The number of hydrogen-bond donors (Lipinski definition) is 0. The van der Waals surface area contributed by atoms with Gasteiger partial charge in [0.05, 0.1) is 11.9 Å². The summed E-state index contributed by atoms with van der Waals surface area (Å²) in [6.45, 7) is 6.04. The summed E-state index contributed by atoms with van der Waals surface area (Å²) in [5.41, 5.74) is 4.13. The molecule has 0 fully saturated rings. The van der Waals surface area contributed by atoms with Gasteiger partial charge in [0.1, 0.15) is 11.5 Å². The van der Waals surface area contributed by atoms with Gasteiger partial charge in [-0.3, -0.25) is 9.48 Å². The highest BCUT2D eigenvalue weighted by atomic mass is 16.5. The van der Waals surface area contributed by atoms with Crippen LogP contribution in [-0.4, -0.2) is 20.5 Å². The monoisotopic (exact) mass is 371 g/mol. The largest absolute Gasteiger partial charge is 0.457 e. The number of carbonyl (C=O) groups is 1. The number of aryl methyl sites for hydroxylation is 2. The molecule has 0 bridgehead atoms. The van der Waals surface area contributed by atoms with Gasteiger partial charge in [-0.2, -0.15) is 5.10 Å². The van der Waals surface area contributed by atoms with Crippen molar-refractivity contribution in [2.45, 2.75) is 27.3 Å². The third-order valence-electron chi connectivity index (χ3n) is 4.71. The van der Waals surface area contributed by atoms with E-state index in [1.54, 1.807) is 6.92 Å². The number of nitrogens with zero attached hydrogens (tertiary/aromatic N) is 3. The summed E-state index contributed by atoms with van der Waals surface area (Å²) >= 11 is 0. The van der Waals surface area contributed by atoms with Crippen LogP contribution in [0, 0.1) is 13.8 Å². The quantitative estimate of drug-likeness (QED) is 0.459. The minimum Gasteiger partial charge on any atom is -0.457 e. The Balaban J connectivity index is 1.61. The predicted octanol–water partition coefficient (Wildman–Crippen LogP) is 5.09. The fraction of sp³-hybridized carbons (Fsp3) is 0.174. The van der Waals surface area contributed by atoms with Crippen LogP contribution in [0.1, 0.15) is 34.2 Å². The number of fused-ring (bicyclic) bond motifs is 1. The minimum absolute atomic E-state index is 0.0283. The number of para-hydroxylation sites is 1. The Labute approximate surface area is 163 Å². The van der Waals surface area contributed by atoms with Gasteiger partial charge < -0.3 is 4.74 Å². The fourth-order valence-electron chi connectivity index (χ4n) is 3.30. The van der Waals surface area contributed by atoms with E-state index in [4.69, 9.17) is 4.74 Å². The molecule has 0 aliphatic carbocycles. The Morgan fingerprint density at radius 3 is 2.36 bits per heavy atom. The van der Waals surface area contributed by atoms with Crippen LogP contribution in [0.4, 0.5) is 0 Å². The molecule has 2 heterocycles. The second-order valence-corrected chi connectivity index (χ2v) is 6.87. The normalized spacial score (nSPS) is 11.0. The van der Waals surface area contributed by atoms with E-state index >= 15 is 0 Å². The molecule has 0 unspecified atom stereocenters. The molecule has 0 spiro atoms. The van der Waals surface area contributed by atoms with Crippen molar-refractivity contribution in [3.63, 3.8) is 0 Å². The zero-order valence-corrected chi connectivity index (χ0v) is 16.1. The number of rotatable bonds is 5. The summed E-state index contributed by atoms with van der Waals surface area (Å²) in [7, 11) is 0. The summed E-state index contributed by atoms with van der Waals surface area (Å²) in [5, 5.41) is 5.46. The number of hydrogen-bond acceptors (Lipinski definition) is 4. The SMILES string of the molecule is CC(=O)c1cc(C)nc2nn(Cc3ccc(Oc4ccccc4)cc3)c(C)c12. The average molecular weight is 371 g/mol. The molecule has 0 atom stereocenters. The van der Waals surface area contributed by atoms with Gasteiger partial charge in [-0.25, -0.2) is 4.98 Å². The third-order valence-corrected chi connectivity index (χ3v) is 4.71. The van der Waals surface area contributed by atoms with Gasteiger partial charge in [0.25, 0.3) is 0 Å². The Hall–Kier alpha value is -3.47. The molecule has 5 nitrogen and oxygen atoms in total. The lowest BCUT2D eigenvalue weighted by atomic mass is 10.1. The first kappa shape index (κ1) is 17.9. The Kier molecular flexibility index (Phi) is 4.65. The van der Waals surface area contributed by atoms with E-state index in [-0.39, 0.29) is 5.78 Å². The maximum Gasteiger partial charge on any atom is 0.182 e.